The van der Waals surface area contributed by atoms with E-state index in [2.05, 4.69) is 4.98 Å². The number of aromatic amines is 1. The number of nitrogens with one attached hydrogen (secondary N) is 1. The Bertz CT molecular complexity index is 1270. The van der Waals surface area contributed by atoms with Crippen molar-refractivity contribution in [2.24, 2.45) is 0 Å². The number of likely N-dealkylation sites (N-methyl/N-ethyl adjacent to an activating group) is 1. The molecule has 3 aromatic rings. The highest BCUT2D eigenvalue weighted by Crippen LogP contribution is 2.43. The molecule has 1 aliphatic rings. The number of carbonyl (C=O) groups excluding carboxylic acids is 2. The van der Waals surface area contributed by atoms with E-state index in [1.807, 2.05) is 69.4 Å². The van der Waals surface area contributed by atoms with E-state index >= 15 is 0 Å². The number of nitrogens with zero attached hydrogens (tertiary/aromatic N) is 2. The van der Waals surface area contributed by atoms with Gasteiger partial charge in [0.2, 0.25) is 0 Å². The van der Waals surface area contributed by atoms with Crippen LogP contribution in [0, 0.1) is 13.8 Å². The molecule has 33 heavy (non-hydrogen) atoms. The lowest BCUT2D eigenvalue weighted by molar-refractivity contribution is -0.140. The van der Waals surface area contributed by atoms with Crippen LogP contribution in [0.2, 0.25) is 0 Å². The molecular weight excluding hydrogens is 418 g/mol. The number of aliphatic hydroxyl groups excluding tert-OH is 1. The van der Waals surface area contributed by atoms with Crippen molar-refractivity contribution in [2.75, 3.05) is 34.3 Å². The largest absolute Gasteiger partial charge is 0.507 e. The standard InChI is InChI=1S/C26H29N3O4/c1-15-12-16(2)25(33-5)18(13-15)23(30)21-22(19-14-27-20-9-7-6-8-17(19)20)29(11-10-28(3)4)26(32)24(21)31/h6-9,12-14,22,27,30H,10-11H2,1-5H3/b23-21+. The number of H-pyrrole nitrogens is 1. The Balaban J connectivity index is 1.97. The molecule has 2 aromatic carbocycles. The van der Waals surface area contributed by atoms with Crippen LogP contribution >= 0.6 is 0 Å². The van der Waals surface area contributed by atoms with Gasteiger partial charge in [-0.25, -0.2) is 0 Å². The number of Topliss-reactive ketones (excluding diaryl/α,β-unsaturated/α-hetero) is 1. The quantitative estimate of drug-likeness (QED) is 0.341. The fourth-order valence-corrected chi connectivity index (χ4v) is 4.61. The van der Waals surface area contributed by atoms with Gasteiger partial charge in [0.05, 0.1) is 24.3 Å². The first-order valence-corrected chi connectivity index (χ1v) is 10.9. The van der Waals surface area contributed by atoms with E-state index in [1.165, 1.54) is 7.11 Å². The number of benzene rings is 2. The van der Waals surface area contributed by atoms with Crippen molar-refractivity contribution in [1.29, 1.82) is 0 Å². The number of fused-ring (bicyclic) bond motifs is 1. The minimum atomic E-state index is -0.716. The third-order valence-corrected chi connectivity index (χ3v) is 6.12. The number of likely N-dealkylation sites (tertiary alicyclic amines) is 1. The van der Waals surface area contributed by atoms with E-state index in [9.17, 15) is 14.7 Å². The van der Waals surface area contributed by atoms with Crippen LogP contribution in [-0.4, -0.2) is 65.9 Å². The molecule has 1 aliphatic heterocycles. The molecule has 1 unspecified atom stereocenters. The summed E-state index contributed by atoms with van der Waals surface area (Å²) in [7, 11) is 5.36. The highest BCUT2D eigenvalue weighted by atomic mass is 16.5. The van der Waals surface area contributed by atoms with E-state index in [0.717, 1.165) is 27.6 Å². The number of aromatic nitrogens is 1. The molecular formula is C26H29N3O4. The van der Waals surface area contributed by atoms with E-state index in [1.54, 1.807) is 11.0 Å². The summed E-state index contributed by atoms with van der Waals surface area (Å²) in [5.41, 5.74) is 3.91. The van der Waals surface area contributed by atoms with E-state index < -0.39 is 17.7 Å². The smallest absolute Gasteiger partial charge is 0.295 e. The second-order valence-electron chi connectivity index (χ2n) is 8.75. The van der Waals surface area contributed by atoms with Crippen LogP contribution in [-0.2, 0) is 9.59 Å². The monoisotopic (exact) mass is 447 g/mol. The van der Waals surface area contributed by atoms with Gasteiger partial charge < -0.3 is 24.6 Å². The average molecular weight is 448 g/mol. The van der Waals surface area contributed by atoms with Crippen molar-refractivity contribution in [1.82, 2.24) is 14.8 Å². The van der Waals surface area contributed by atoms with Gasteiger partial charge in [-0.15, -0.1) is 0 Å². The zero-order valence-electron chi connectivity index (χ0n) is 19.6. The van der Waals surface area contributed by atoms with Gasteiger partial charge in [0.25, 0.3) is 11.7 Å². The predicted molar refractivity (Wildman–Crippen MR) is 128 cm³/mol. The summed E-state index contributed by atoms with van der Waals surface area (Å²) in [5.74, 6) is -1.05. The molecule has 4 rings (SSSR count). The van der Waals surface area contributed by atoms with E-state index in [-0.39, 0.29) is 11.3 Å². The van der Waals surface area contributed by atoms with Crippen molar-refractivity contribution >= 4 is 28.4 Å². The molecule has 0 spiro atoms. The summed E-state index contributed by atoms with van der Waals surface area (Å²) >= 11 is 0. The van der Waals surface area contributed by atoms with E-state index in [4.69, 9.17) is 4.74 Å². The van der Waals surface area contributed by atoms with Gasteiger partial charge in [0, 0.05) is 35.8 Å². The second kappa shape index (κ2) is 8.75. The van der Waals surface area contributed by atoms with E-state index in [0.29, 0.717) is 24.4 Å². The number of aliphatic hydroxyl groups is 1. The molecule has 1 fully saturated rings. The summed E-state index contributed by atoms with van der Waals surface area (Å²) in [6, 6.07) is 10.7. The Morgan fingerprint density at radius 2 is 1.91 bits per heavy atom. The number of rotatable bonds is 6. The number of para-hydroxylation sites is 1. The molecule has 2 heterocycles. The summed E-state index contributed by atoms with van der Waals surface area (Å²) in [6.07, 6.45) is 1.82. The lowest BCUT2D eigenvalue weighted by Gasteiger charge is -2.26. The Morgan fingerprint density at radius 3 is 2.61 bits per heavy atom. The molecule has 1 saturated heterocycles. The van der Waals surface area contributed by atoms with Crippen LogP contribution in [0.1, 0.15) is 28.3 Å². The molecule has 0 bridgehead atoms. The van der Waals surface area contributed by atoms with Gasteiger partial charge >= 0.3 is 0 Å². The van der Waals surface area contributed by atoms with Crippen LogP contribution in [0.3, 0.4) is 0 Å². The Kier molecular flexibility index (Phi) is 5.99. The van der Waals surface area contributed by atoms with Gasteiger partial charge in [-0.1, -0.05) is 24.3 Å². The summed E-state index contributed by atoms with van der Waals surface area (Å²) in [6.45, 7) is 4.73. The van der Waals surface area contributed by atoms with Crippen molar-refractivity contribution in [3.8, 4) is 5.75 Å². The third-order valence-electron chi connectivity index (χ3n) is 6.12. The highest BCUT2D eigenvalue weighted by molar-refractivity contribution is 6.46. The molecule has 0 aliphatic carbocycles. The average Bonchev–Trinajstić information content (AvgIpc) is 3.30. The van der Waals surface area contributed by atoms with Crippen molar-refractivity contribution < 1.29 is 19.4 Å². The molecule has 1 aromatic heterocycles. The lowest BCUT2D eigenvalue weighted by atomic mass is 9.93. The van der Waals surface area contributed by atoms with Crippen molar-refractivity contribution in [3.05, 3.63) is 70.4 Å². The van der Waals surface area contributed by atoms with Crippen LogP contribution in [0.25, 0.3) is 16.7 Å². The minimum absolute atomic E-state index is 0.0757. The first kappa shape index (κ1) is 22.6. The summed E-state index contributed by atoms with van der Waals surface area (Å²) in [5, 5.41) is 12.4. The van der Waals surface area contributed by atoms with Gasteiger partial charge in [-0.05, 0) is 51.2 Å². The maximum atomic E-state index is 13.3. The maximum Gasteiger partial charge on any atom is 0.295 e. The van der Waals surface area contributed by atoms with Crippen molar-refractivity contribution in [3.63, 3.8) is 0 Å². The number of methoxy groups -OCH3 is 1. The van der Waals surface area contributed by atoms with Gasteiger partial charge in [-0.3, -0.25) is 9.59 Å². The molecule has 2 N–H and O–H groups in total. The van der Waals surface area contributed by atoms with Gasteiger partial charge in [0.1, 0.15) is 11.5 Å². The normalized spacial score (nSPS) is 18.0. The van der Waals surface area contributed by atoms with Crippen molar-refractivity contribution in [2.45, 2.75) is 19.9 Å². The Hall–Kier alpha value is -3.58. The predicted octanol–water partition coefficient (Wildman–Crippen LogP) is 3.78. The molecule has 1 amide bonds. The van der Waals surface area contributed by atoms with Crippen LogP contribution in [0.4, 0.5) is 0 Å². The fraction of sp³-hybridized carbons (Fsp3) is 0.308. The second-order valence-corrected chi connectivity index (χ2v) is 8.75. The number of carbonyl (C=O) groups is 2. The molecule has 7 nitrogen and oxygen atoms in total. The minimum Gasteiger partial charge on any atom is -0.507 e. The molecule has 0 radical (unpaired) electrons. The molecule has 1 atom stereocenters. The summed E-state index contributed by atoms with van der Waals surface area (Å²) < 4.78 is 5.56. The first-order valence-electron chi connectivity index (χ1n) is 10.9. The highest BCUT2D eigenvalue weighted by Gasteiger charge is 2.47. The zero-order valence-corrected chi connectivity index (χ0v) is 19.6. The van der Waals surface area contributed by atoms with Gasteiger partial charge in [-0.2, -0.15) is 0 Å². The van der Waals surface area contributed by atoms with Crippen LogP contribution < -0.4 is 4.74 Å². The number of amides is 1. The number of ether oxygens (including phenoxy) is 1. The fourth-order valence-electron chi connectivity index (χ4n) is 4.61. The third kappa shape index (κ3) is 3.89. The lowest BCUT2D eigenvalue weighted by Crippen LogP contribution is -2.35. The summed E-state index contributed by atoms with van der Waals surface area (Å²) in [4.78, 5) is 33.2. The first-order chi connectivity index (χ1) is 15.7. The number of hydrogen-bond acceptors (Lipinski definition) is 5. The van der Waals surface area contributed by atoms with Gasteiger partial charge in [0.15, 0.2) is 0 Å². The zero-order chi connectivity index (χ0) is 23.9. The number of hydrogen-bond donors (Lipinski definition) is 2. The molecule has 0 saturated carbocycles. The topological polar surface area (TPSA) is 85.9 Å². The Morgan fingerprint density at radius 1 is 1.18 bits per heavy atom. The number of ketones is 1. The van der Waals surface area contributed by atoms with Crippen LogP contribution in [0.5, 0.6) is 5.75 Å². The molecule has 7 heteroatoms. The van der Waals surface area contributed by atoms with Crippen LogP contribution in [0.15, 0.2) is 48.2 Å². The SMILES string of the molecule is COc1c(C)cc(C)cc1/C(O)=C1\C(=O)C(=O)N(CCN(C)C)C1c1c[nH]c2ccccc12. The Labute approximate surface area is 193 Å². The number of aryl methyl sites for hydroxylation is 2. The molecule has 172 valence electrons. The maximum absolute atomic E-state index is 13.3.